The zero-order chi connectivity index (χ0) is 14.3. The number of hydrogen-bond donors (Lipinski definition) is 0. The van der Waals surface area contributed by atoms with Crippen molar-refractivity contribution in [1.29, 1.82) is 0 Å². The van der Waals surface area contributed by atoms with Gasteiger partial charge in [-0.1, -0.05) is 0 Å². The van der Waals surface area contributed by atoms with E-state index >= 15 is 0 Å². The summed E-state index contributed by atoms with van der Waals surface area (Å²) < 4.78 is 21.6. The smallest absolute Gasteiger partial charge is 0.393 e. The molecule has 0 spiro atoms. The molecule has 1 heterocycles. The Morgan fingerprint density at radius 3 is 2.00 bits per heavy atom. The average Bonchev–Trinajstić information content (AvgIpc) is 2.66. The molecule has 0 aromatic heterocycles. The van der Waals surface area contributed by atoms with Crippen molar-refractivity contribution in [2.75, 3.05) is 19.8 Å². The quantitative estimate of drug-likeness (QED) is 0.364. The van der Waals surface area contributed by atoms with Crippen LogP contribution in [-0.4, -0.2) is 40.6 Å². The van der Waals surface area contributed by atoms with E-state index in [1.54, 1.807) is 0 Å². The first-order valence-corrected chi connectivity index (χ1v) is 8.66. The highest BCUT2D eigenvalue weighted by Gasteiger charge is 2.43. The van der Waals surface area contributed by atoms with E-state index in [0.717, 1.165) is 0 Å². The summed E-state index contributed by atoms with van der Waals surface area (Å²) in [6.07, 6.45) is 0.643. The molecule has 7 heteroatoms. The second kappa shape index (κ2) is 7.74. The van der Waals surface area contributed by atoms with E-state index < -0.39 is 20.7 Å². The van der Waals surface area contributed by atoms with Crippen molar-refractivity contribution >= 4 is 20.7 Å². The van der Waals surface area contributed by atoms with Gasteiger partial charge >= 0.3 is 20.7 Å². The molecule has 1 aliphatic heterocycles. The first-order chi connectivity index (χ1) is 9.06. The van der Waals surface area contributed by atoms with Crippen molar-refractivity contribution in [3.8, 4) is 0 Å². The highest BCUT2D eigenvalue weighted by molar-refractivity contribution is 6.60. The Bertz CT molecular complexity index is 302. The van der Waals surface area contributed by atoms with Gasteiger partial charge in [0, 0.05) is 25.9 Å². The lowest BCUT2D eigenvalue weighted by atomic mass is 10.1. The molecule has 0 bridgehead atoms. The van der Waals surface area contributed by atoms with Crippen molar-refractivity contribution in [3.63, 3.8) is 0 Å². The van der Waals surface area contributed by atoms with Crippen LogP contribution in [-0.2, 0) is 27.6 Å². The van der Waals surface area contributed by atoms with E-state index in [9.17, 15) is 9.59 Å². The van der Waals surface area contributed by atoms with Crippen LogP contribution >= 0.6 is 0 Å². The van der Waals surface area contributed by atoms with Crippen molar-refractivity contribution < 1.29 is 27.6 Å². The second-order valence-corrected chi connectivity index (χ2v) is 6.95. The minimum atomic E-state index is -2.73. The minimum absolute atomic E-state index is 0.147. The molecule has 0 saturated carbocycles. The summed E-state index contributed by atoms with van der Waals surface area (Å²) in [5, 5.41) is 0. The van der Waals surface area contributed by atoms with E-state index in [1.807, 2.05) is 20.8 Å². The molecule has 1 unspecified atom stereocenters. The lowest BCUT2D eigenvalue weighted by Gasteiger charge is -2.28. The zero-order valence-electron chi connectivity index (χ0n) is 11.8. The molecule has 110 valence electrons. The number of rotatable bonds is 9. The largest absolute Gasteiger partial charge is 0.500 e. The van der Waals surface area contributed by atoms with E-state index in [0.29, 0.717) is 32.3 Å². The van der Waals surface area contributed by atoms with Gasteiger partial charge in [-0.2, -0.15) is 0 Å². The lowest BCUT2D eigenvalue weighted by Crippen LogP contribution is -2.46. The summed E-state index contributed by atoms with van der Waals surface area (Å²) in [5.41, 5.74) is 0. The summed E-state index contributed by atoms with van der Waals surface area (Å²) in [6, 6.07) is 0.523. The predicted octanol–water partition coefficient (Wildman–Crippen LogP) is 1.51. The Hall–Kier alpha value is -0.763. The molecule has 0 aromatic rings. The highest BCUT2D eigenvalue weighted by atomic mass is 28.4. The number of esters is 2. The summed E-state index contributed by atoms with van der Waals surface area (Å²) in [4.78, 5) is 22.5. The maximum absolute atomic E-state index is 11.4. The van der Waals surface area contributed by atoms with Crippen molar-refractivity contribution in [3.05, 3.63) is 0 Å². The molecule has 0 aliphatic carbocycles. The van der Waals surface area contributed by atoms with Crippen LogP contribution in [0.25, 0.3) is 0 Å². The zero-order valence-corrected chi connectivity index (χ0v) is 12.8. The van der Waals surface area contributed by atoms with Gasteiger partial charge in [-0.05, 0) is 27.2 Å². The van der Waals surface area contributed by atoms with E-state index in [2.05, 4.69) is 4.74 Å². The molecule has 1 rings (SSSR count). The third kappa shape index (κ3) is 4.68. The van der Waals surface area contributed by atoms with Gasteiger partial charge < -0.3 is 18.0 Å². The fraction of sp³-hybridized carbons (Fsp3) is 0.833. The second-order valence-electron chi connectivity index (χ2n) is 4.21. The molecular weight excluding hydrogens is 268 g/mol. The Morgan fingerprint density at radius 2 is 1.63 bits per heavy atom. The first-order valence-electron chi connectivity index (χ1n) is 6.73. The van der Waals surface area contributed by atoms with Crippen LogP contribution in [0, 0.1) is 5.92 Å². The van der Waals surface area contributed by atoms with Crippen LogP contribution < -0.4 is 0 Å². The molecular formula is C12H22O6Si. The third-order valence-electron chi connectivity index (χ3n) is 2.85. The van der Waals surface area contributed by atoms with Gasteiger partial charge in [0.2, 0.25) is 0 Å². The molecule has 1 aliphatic rings. The molecule has 6 nitrogen and oxygen atoms in total. The number of carbonyl (C=O) groups excluding carboxylic acids is 2. The van der Waals surface area contributed by atoms with E-state index in [4.69, 9.17) is 13.3 Å². The van der Waals surface area contributed by atoms with Gasteiger partial charge in [0.1, 0.15) is 0 Å². The average molecular weight is 290 g/mol. The summed E-state index contributed by atoms with van der Waals surface area (Å²) in [5.74, 6) is -1.29. The Labute approximate surface area is 114 Å². The van der Waals surface area contributed by atoms with Crippen molar-refractivity contribution in [1.82, 2.24) is 0 Å². The molecule has 19 heavy (non-hydrogen) atoms. The Morgan fingerprint density at radius 1 is 1.11 bits per heavy atom. The predicted molar refractivity (Wildman–Crippen MR) is 69.3 cm³/mol. The van der Waals surface area contributed by atoms with Gasteiger partial charge in [-0.15, -0.1) is 0 Å². The first kappa shape index (κ1) is 16.3. The van der Waals surface area contributed by atoms with Crippen molar-refractivity contribution in [2.24, 2.45) is 5.92 Å². The SMILES string of the molecule is CCO[Si](CCC1CC(=O)OC1=O)(OCC)OCC. The maximum Gasteiger partial charge on any atom is 0.500 e. The molecule has 1 fully saturated rings. The molecule has 1 saturated heterocycles. The van der Waals surface area contributed by atoms with Crippen LogP contribution in [0.1, 0.15) is 33.6 Å². The van der Waals surface area contributed by atoms with Gasteiger partial charge in [-0.3, -0.25) is 9.59 Å². The maximum atomic E-state index is 11.4. The monoisotopic (exact) mass is 290 g/mol. The van der Waals surface area contributed by atoms with Gasteiger partial charge in [0.05, 0.1) is 12.3 Å². The van der Waals surface area contributed by atoms with Crippen LogP contribution in [0.4, 0.5) is 0 Å². The molecule has 0 radical (unpaired) electrons. The molecule has 1 atom stereocenters. The molecule has 0 aromatic carbocycles. The Kier molecular flexibility index (Phi) is 6.63. The summed E-state index contributed by atoms with van der Waals surface area (Å²) in [7, 11) is -2.73. The standard InChI is InChI=1S/C12H22O6Si/c1-4-15-19(16-5-2,17-6-3)8-7-10-9-11(13)18-12(10)14/h10H,4-9H2,1-3H3. The lowest BCUT2D eigenvalue weighted by molar-refractivity contribution is -0.153. The fourth-order valence-electron chi connectivity index (χ4n) is 2.09. The minimum Gasteiger partial charge on any atom is -0.393 e. The van der Waals surface area contributed by atoms with E-state index in [-0.39, 0.29) is 12.3 Å². The number of cyclic esters (lactones) is 2. The summed E-state index contributed by atoms with van der Waals surface area (Å²) in [6.45, 7) is 7.15. The molecule has 0 N–H and O–H groups in total. The van der Waals surface area contributed by atoms with Crippen LogP contribution in [0.15, 0.2) is 0 Å². The Balaban J connectivity index is 2.60. The summed E-state index contributed by atoms with van der Waals surface area (Å²) >= 11 is 0. The number of ether oxygens (including phenoxy) is 1. The number of hydrogen-bond acceptors (Lipinski definition) is 6. The number of carbonyl (C=O) groups is 2. The fourth-order valence-corrected chi connectivity index (χ4v) is 4.80. The third-order valence-corrected chi connectivity index (χ3v) is 5.94. The van der Waals surface area contributed by atoms with Crippen LogP contribution in [0.3, 0.4) is 0 Å². The van der Waals surface area contributed by atoms with Crippen LogP contribution in [0.2, 0.25) is 6.04 Å². The van der Waals surface area contributed by atoms with Crippen LogP contribution in [0.5, 0.6) is 0 Å². The van der Waals surface area contributed by atoms with Gasteiger partial charge in [0.25, 0.3) is 0 Å². The van der Waals surface area contributed by atoms with Gasteiger partial charge in [-0.25, -0.2) is 0 Å². The van der Waals surface area contributed by atoms with E-state index in [1.165, 1.54) is 0 Å². The van der Waals surface area contributed by atoms with Gasteiger partial charge in [0.15, 0.2) is 0 Å². The van der Waals surface area contributed by atoms with Crippen molar-refractivity contribution in [2.45, 2.75) is 39.7 Å². The highest BCUT2D eigenvalue weighted by Crippen LogP contribution is 2.26. The topological polar surface area (TPSA) is 71.1 Å². The normalized spacial score (nSPS) is 19.8. The molecule has 0 amide bonds.